The monoisotopic (exact) mass is 273 g/mol. The van der Waals surface area contributed by atoms with E-state index >= 15 is 0 Å². The van der Waals surface area contributed by atoms with E-state index in [4.69, 9.17) is 5.73 Å². The van der Waals surface area contributed by atoms with E-state index in [2.05, 4.69) is 21.7 Å². The molecule has 0 bridgehead atoms. The number of carbonyl (C=O) groups excluding carboxylic acids is 1. The van der Waals surface area contributed by atoms with E-state index < -0.39 is 0 Å². The number of pyridine rings is 1. The second-order valence-corrected chi connectivity index (χ2v) is 5.68. The van der Waals surface area contributed by atoms with Gasteiger partial charge in [0.1, 0.15) is 0 Å². The van der Waals surface area contributed by atoms with Gasteiger partial charge in [0, 0.05) is 23.0 Å². The number of fused-ring (bicyclic) bond motifs is 1. The molecule has 1 aliphatic rings. The summed E-state index contributed by atoms with van der Waals surface area (Å²) in [4.78, 5) is 17.6. The SMILES string of the molecule is Nc1ccncc1C(=O)NC1CCCc2sccc21. The minimum atomic E-state index is -0.144. The van der Waals surface area contributed by atoms with Gasteiger partial charge in [-0.2, -0.15) is 0 Å². The smallest absolute Gasteiger partial charge is 0.255 e. The van der Waals surface area contributed by atoms with E-state index in [1.165, 1.54) is 16.6 Å². The summed E-state index contributed by atoms with van der Waals surface area (Å²) in [6.07, 6.45) is 6.32. The summed E-state index contributed by atoms with van der Waals surface area (Å²) in [5, 5.41) is 5.16. The maximum atomic E-state index is 12.2. The molecule has 0 saturated carbocycles. The Hall–Kier alpha value is -1.88. The van der Waals surface area contributed by atoms with Gasteiger partial charge in [-0.05, 0) is 42.3 Å². The van der Waals surface area contributed by atoms with Crippen LogP contribution < -0.4 is 11.1 Å². The van der Waals surface area contributed by atoms with Crippen molar-refractivity contribution < 1.29 is 4.79 Å². The third-order valence-corrected chi connectivity index (χ3v) is 4.45. The summed E-state index contributed by atoms with van der Waals surface area (Å²) in [6.45, 7) is 0. The minimum absolute atomic E-state index is 0.0992. The zero-order valence-electron chi connectivity index (χ0n) is 10.4. The number of nitrogen functional groups attached to an aromatic ring is 1. The molecule has 0 saturated heterocycles. The van der Waals surface area contributed by atoms with Gasteiger partial charge in [-0.15, -0.1) is 11.3 Å². The standard InChI is InChI=1S/C14H15N3OS/c15-11-4-6-16-8-10(11)14(18)17-12-2-1-3-13-9(12)5-7-19-13/h4-8,12H,1-3H2,(H2,15,16)(H,17,18). The molecule has 1 amide bonds. The Kier molecular flexibility index (Phi) is 3.21. The van der Waals surface area contributed by atoms with Crippen molar-refractivity contribution in [3.63, 3.8) is 0 Å². The van der Waals surface area contributed by atoms with Gasteiger partial charge >= 0.3 is 0 Å². The number of carbonyl (C=O) groups is 1. The van der Waals surface area contributed by atoms with Gasteiger partial charge in [-0.3, -0.25) is 9.78 Å². The molecular weight excluding hydrogens is 258 g/mol. The lowest BCUT2D eigenvalue weighted by Crippen LogP contribution is -2.31. The van der Waals surface area contributed by atoms with E-state index in [1.807, 2.05) is 0 Å². The summed E-state index contributed by atoms with van der Waals surface area (Å²) in [5.74, 6) is -0.144. The van der Waals surface area contributed by atoms with Crippen LogP contribution >= 0.6 is 11.3 Å². The van der Waals surface area contributed by atoms with Crippen molar-refractivity contribution in [2.45, 2.75) is 25.3 Å². The van der Waals surface area contributed by atoms with Gasteiger partial charge in [0.25, 0.3) is 5.91 Å². The molecule has 1 atom stereocenters. The topological polar surface area (TPSA) is 68.0 Å². The molecule has 0 radical (unpaired) electrons. The fourth-order valence-electron chi connectivity index (χ4n) is 2.47. The van der Waals surface area contributed by atoms with Crippen LogP contribution in [0.5, 0.6) is 0 Å². The van der Waals surface area contributed by atoms with Gasteiger partial charge in [0.05, 0.1) is 11.6 Å². The van der Waals surface area contributed by atoms with Crippen LogP contribution in [-0.4, -0.2) is 10.9 Å². The Morgan fingerprint density at radius 1 is 1.47 bits per heavy atom. The molecule has 0 spiro atoms. The van der Waals surface area contributed by atoms with Crippen LogP contribution in [0, 0.1) is 0 Å². The first-order chi connectivity index (χ1) is 9.25. The van der Waals surface area contributed by atoms with Crippen molar-refractivity contribution in [3.8, 4) is 0 Å². The number of hydrogen-bond donors (Lipinski definition) is 2. The van der Waals surface area contributed by atoms with Gasteiger partial charge in [-0.25, -0.2) is 0 Å². The van der Waals surface area contributed by atoms with Crippen LogP contribution in [0.4, 0.5) is 5.69 Å². The van der Waals surface area contributed by atoms with Crippen molar-refractivity contribution in [2.24, 2.45) is 0 Å². The van der Waals surface area contributed by atoms with Crippen molar-refractivity contribution in [1.82, 2.24) is 10.3 Å². The largest absolute Gasteiger partial charge is 0.398 e. The van der Waals surface area contributed by atoms with Crippen LogP contribution in [0.25, 0.3) is 0 Å². The Balaban J connectivity index is 1.80. The molecule has 1 aliphatic carbocycles. The molecule has 2 aromatic heterocycles. The highest BCUT2D eigenvalue weighted by Crippen LogP contribution is 2.33. The zero-order chi connectivity index (χ0) is 13.2. The zero-order valence-corrected chi connectivity index (χ0v) is 11.2. The van der Waals surface area contributed by atoms with E-state index in [-0.39, 0.29) is 11.9 Å². The van der Waals surface area contributed by atoms with E-state index in [9.17, 15) is 4.79 Å². The molecule has 2 heterocycles. The number of thiophene rings is 1. The molecule has 4 nitrogen and oxygen atoms in total. The lowest BCUT2D eigenvalue weighted by molar-refractivity contribution is 0.0933. The molecular formula is C14H15N3OS. The van der Waals surface area contributed by atoms with Crippen molar-refractivity contribution in [2.75, 3.05) is 5.73 Å². The first kappa shape index (κ1) is 12.2. The maximum Gasteiger partial charge on any atom is 0.255 e. The van der Waals surface area contributed by atoms with E-state index in [0.717, 1.165) is 19.3 Å². The lowest BCUT2D eigenvalue weighted by atomic mass is 9.94. The van der Waals surface area contributed by atoms with E-state index in [0.29, 0.717) is 11.3 Å². The van der Waals surface area contributed by atoms with Gasteiger partial charge < -0.3 is 11.1 Å². The maximum absolute atomic E-state index is 12.2. The lowest BCUT2D eigenvalue weighted by Gasteiger charge is -2.23. The third-order valence-electron chi connectivity index (χ3n) is 3.46. The predicted octanol–water partition coefficient (Wildman–Crippen LogP) is 2.53. The fraction of sp³-hybridized carbons (Fsp3) is 0.286. The number of nitrogens with one attached hydrogen (secondary N) is 1. The van der Waals surface area contributed by atoms with Crippen molar-refractivity contribution >= 4 is 22.9 Å². The van der Waals surface area contributed by atoms with Crippen molar-refractivity contribution in [3.05, 3.63) is 45.9 Å². The van der Waals surface area contributed by atoms with Gasteiger partial charge in [0.2, 0.25) is 0 Å². The highest BCUT2D eigenvalue weighted by molar-refractivity contribution is 7.10. The molecule has 2 aromatic rings. The molecule has 0 fully saturated rings. The average molecular weight is 273 g/mol. The van der Waals surface area contributed by atoms with Crippen LogP contribution in [0.2, 0.25) is 0 Å². The number of rotatable bonds is 2. The molecule has 0 aliphatic heterocycles. The Bertz CT molecular complexity index is 608. The van der Waals surface area contributed by atoms with Gasteiger partial charge in [-0.1, -0.05) is 0 Å². The van der Waals surface area contributed by atoms with Gasteiger partial charge in [0.15, 0.2) is 0 Å². The molecule has 98 valence electrons. The minimum Gasteiger partial charge on any atom is -0.398 e. The van der Waals surface area contributed by atoms with Crippen LogP contribution in [0.15, 0.2) is 29.9 Å². The predicted molar refractivity (Wildman–Crippen MR) is 76.1 cm³/mol. The quantitative estimate of drug-likeness (QED) is 0.883. The number of hydrogen-bond acceptors (Lipinski definition) is 4. The summed E-state index contributed by atoms with van der Waals surface area (Å²) in [6, 6.07) is 3.85. The number of amides is 1. The second kappa shape index (κ2) is 5.01. The second-order valence-electron chi connectivity index (χ2n) is 4.68. The number of aromatic nitrogens is 1. The summed E-state index contributed by atoms with van der Waals surface area (Å²) >= 11 is 1.77. The average Bonchev–Trinajstić information content (AvgIpc) is 2.88. The Morgan fingerprint density at radius 3 is 3.21 bits per heavy atom. The molecule has 19 heavy (non-hydrogen) atoms. The fourth-order valence-corrected chi connectivity index (χ4v) is 3.45. The molecule has 5 heteroatoms. The highest BCUT2D eigenvalue weighted by atomic mass is 32.1. The van der Waals surface area contributed by atoms with Crippen molar-refractivity contribution in [1.29, 1.82) is 0 Å². The molecule has 3 rings (SSSR count). The van der Waals surface area contributed by atoms with Crippen LogP contribution in [0.3, 0.4) is 0 Å². The number of nitrogens with zero attached hydrogens (tertiary/aromatic N) is 1. The highest BCUT2D eigenvalue weighted by Gasteiger charge is 2.23. The number of nitrogens with two attached hydrogens (primary N) is 1. The van der Waals surface area contributed by atoms with Crippen LogP contribution in [0.1, 0.15) is 39.7 Å². The Labute approximate surface area is 115 Å². The summed E-state index contributed by atoms with van der Waals surface area (Å²) in [5.41, 5.74) is 7.97. The van der Waals surface area contributed by atoms with Crippen LogP contribution in [-0.2, 0) is 6.42 Å². The number of anilines is 1. The third kappa shape index (κ3) is 2.33. The Morgan fingerprint density at radius 2 is 2.37 bits per heavy atom. The normalized spacial score (nSPS) is 17.8. The first-order valence-electron chi connectivity index (χ1n) is 6.32. The molecule has 3 N–H and O–H groups in total. The summed E-state index contributed by atoms with van der Waals surface area (Å²) in [7, 11) is 0. The summed E-state index contributed by atoms with van der Waals surface area (Å²) < 4.78 is 0. The van der Waals surface area contributed by atoms with E-state index in [1.54, 1.807) is 23.6 Å². The molecule has 0 aromatic carbocycles. The molecule has 1 unspecified atom stereocenters. The number of aryl methyl sites for hydroxylation is 1. The first-order valence-corrected chi connectivity index (χ1v) is 7.20.